The highest BCUT2D eigenvalue weighted by molar-refractivity contribution is 6.17. The van der Waals surface area contributed by atoms with E-state index in [-0.39, 0.29) is 0 Å². The number of alkyl halides is 1. The molecule has 1 rings (SSSR count). The van der Waals surface area contributed by atoms with Gasteiger partial charge in [0.25, 0.3) is 0 Å². The summed E-state index contributed by atoms with van der Waals surface area (Å²) >= 11 is 5.52. The average molecular weight is 132 g/mol. The van der Waals surface area contributed by atoms with E-state index in [1.807, 2.05) is 0 Å². The zero-order valence-electron chi connectivity index (χ0n) is 5.07. The summed E-state index contributed by atoms with van der Waals surface area (Å²) in [4.78, 5) is 0. The largest absolute Gasteiger partial charge is 0.127 e. The molecule has 0 saturated heterocycles. The third kappa shape index (κ3) is 1.66. The molecule has 0 aromatic heterocycles. The van der Waals surface area contributed by atoms with Crippen molar-refractivity contribution in [1.29, 1.82) is 0 Å². The molecule has 1 radical (unpaired) electrons. The molecule has 0 atom stereocenters. The van der Waals surface area contributed by atoms with Crippen molar-refractivity contribution in [2.24, 2.45) is 5.92 Å². The lowest BCUT2D eigenvalue weighted by molar-refractivity contribution is 0.378. The van der Waals surface area contributed by atoms with Crippen molar-refractivity contribution >= 4 is 11.6 Å². The van der Waals surface area contributed by atoms with Crippen LogP contribution in [0.3, 0.4) is 0 Å². The Morgan fingerprint density at radius 2 is 2.25 bits per heavy atom. The summed E-state index contributed by atoms with van der Waals surface area (Å²) in [7, 11) is 0. The lowest BCUT2D eigenvalue weighted by Gasteiger charge is -2.24. The van der Waals surface area contributed by atoms with Crippen molar-refractivity contribution in [3.63, 3.8) is 0 Å². The first-order chi connectivity index (χ1) is 3.93. The number of rotatable bonds is 3. The second kappa shape index (κ2) is 3.34. The van der Waals surface area contributed by atoms with E-state index in [1.165, 1.54) is 25.7 Å². The summed E-state index contributed by atoms with van der Waals surface area (Å²) in [5, 5.41) is 0. The summed E-state index contributed by atoms with van der Waals surface area (Å²) in [6, 6.07) is 0. The molecule has 0 nitrogen and oxygen atoms in total. The number of hydrogen-bond acceptors (Lipinski definition) is 0. The molecule has 0 amide bonds. The summed E-state index contributed by atoms with van der Waals surface area (Å²) in [6.07, 6.45) is 7.59. The van der Waals surface area contributed by atoms with Gasteiger partial charge in [0.05, 0.1) is 0 Å². The van der Waals surface area contributed by atoms with Gasteiger partial charge in [-0.1, -0.05) is 0 Å². The summed E-state index contributed by atoms with van der Waals surface area (Å²) in [5.41, 5.74) is 0. The van der Waals surface area contributed by atoms with Gasteiger partial charge in [0.15, 0.2) is 0 Å². The van der Waals surface area contributed by atoms with E-state index in [4.69, 9.17) is 11.6 Å². The first-order valence-electron chi connectivity index (χ1n) is 3.31. The first kappa shape index (κ1) is 6.41. The predicted molar refractivity (Wildman–Crippen MR) is 37.0 cm³/mol. The van der Waals surface area contributed by atoms with E-state index < -0.39 is 0 Å². The van der Waals surface area contributed by atoms with Crippen LogP contribution < -0.4 is 0 Å². The van der Waals surface area contributed by atoms with Gasteiger partial charge in [0, 0.05) is 5.88 Å². The van der Waals surface area contributed by atoms with E-state index >= 15 is 0 Å². The van der Waals surface area contributed by atoms with Crippen LogP contribution >= 0.6 is 11.6 Å². The lowest BCUT2D eigenvalue weighted by Crippen LogP contribution is -2.11. The van der Waals surface area contributed by atoms with Crippen LogP contribution in [0.15, 0.2) is 0 Å². The van der Waals surface area contributed by atoms with E-state index in [9.17, 15) is 0 Å². The van der Waals surface area contributed by atoms with Gasteiger partial charge < -0.3 is 0 Å². The molecule has 1 aliphatic carbocycles. The Hall–Kier alpha value is 0.290. The van der Waals surface area contributed by atoms with Gasteiger partial charge in [-0.15, -0.1) is 11.6 Å². The topological polar surface area (TPSA) is 0 Å². The first-order valence-corrected chi connectivity index (χ1v) is 3.84. The maximum Gasteiger partial charge on any atom is 0.0223 e. The van der Waals surface area contributed by atoms with E-state index in [1.54, 1.807) is 0 Å². The molecular formula is C7H12Cl. The van der Waals surface area contributed by atoms with E-state index in [0.717, 1.165) is 11.8 Å². The number of hydrogen-bond donors (Lipinski definition) is 0. The summed E-state index contributed by atoms with van der Waals surface area (Å²) < 4.78 is 0. The van der Waals surface area contributed by atoms with Crippen molar-refractivity contribution in [3.8, 4) is 0 Å². The van der Waals surface area contributed by atoms with Crippen molar-refractivity contribution in [1.82, 2.24) is 0 Å². The molecule has 47 valence electrons. The summed E-state index contributed by atoms with van der Waals surface area (Å²) in [6.45, 7) is 0. The van der Waals surface area contributed by atoms with Crippen molar-refractivity contribution < 1.29 is 0 Å². The molecule has 0 aliphatic heterocycles. The van der Waals surface area contributed by atoms with Crippen LogP contribution in [0, 0.1) is 12.3 Å². The minimum Gasteiger partial charge on any atom is -0.127 e. The second-order valence-electron chi connectivity index (χ2n) is 2.46. The van der Waals surface area contributed by atoms with Crippen LogP contribution in [0.2, 0.25) is 0 Å². The smallest absolute Gasteiger partial charge is 0.0223 e. The van der Waals surface area contributed by atoms with E-state index in [2.05, 4.69) is 6.42 Å². The molecule has 0 aromatic rings. The number of halogens is 1. The minimum atomic E-state index is 0.844. The van der Waals surface area contributed by atoms with Crippen molar-refractivity contribution in [2.75, 3.05) is 5.88 Å². The zero-order valence-corrected chi connectivity index (χ0v) is 5.82. The molecule has 1 aliphatic rings. The summed E-state index contributed by atoms with van der Waals surface area (Å²) in [5.74, 6) is 1.84. The van der Waals surface area contributed by atoms with Crippen molar-refractivity contribution in [2.45, 2.75) is 25.7 Å². The Morgan fingerprint density at radius 3 is 2.62 bits per heavy atom. The van der Waals surface area contributed by atoms with E-state index in [0.29, 0.717) is 0 Å². The van der Waals surface area contributed by atoms with Crippen LogP contribution in [-0.4, -0.2) is 5.88 Å². The Kier molecular flexibility index (Phi) is 2.68. The zero-order chi connectivity index (χ0) is 5.82. The average Bonchev–Trinajstić information content (AvgIpc) is 1.63. The van der Waals surface area contributed by atoms with Gasteiger partial charge in [0.1, 0.15) is 0 Å². The van der Waals surface area contributed by atoms with Crippen molar-refractivity contribution in [3.05, 3.63) is 6.42 Å². The molecule has 0 aromatic carbocycles. The SMILES string of the molecule is ClCCCC1C[CH]C1. The highest BCUT2D eigenvalue weighted by Crippen LogP contribution is 2.29. The van der Waals surface area contributed by atoms with Gasteiger partial charge in [-0.2, -0.15) is 0 Å². The molecule has 0 N–H and O–H groups in total. The third-order valence-electron chi connectivity index (χ3n) is 1.75. The highest BCUT2D eigenvalue weighted by atomic mass is 35.5. The minimum absolute atomic E-state index is 0.844. The maximum absolute atomic E-state index is 5.52. The predicted octanol–water partition coefficient (Wildman–Crippen LogP) is 2.62. The molecule has 0 heterocycles. The standard InChI is InChI=1S/C7H12Cl/c8-6-2-5-7-3-1-4-7/h1,7H,2-6H2. The molecule has 1 fully saturated rings. The lowest BCUT2D eigenvalue weighted by atomic mass is 9.82. The normalized spacial score (nSPS) is 20.6. The Bertz CT molecular complexity index is 57.4. The fourth-order valence-corrected chi connectivity index (χ4v) is 1.16. The fraction of sp³-hybridized carbons (Fsp3) is 0.857. The van der Waals surface area contributed by atoms with Gasteiger partial charge >= 0.3 is 0 Å². The molecule has 1 saturated carbocycles. The Morgan fingerprint density at radius 1 is 1.50 bits per heavy atom. The molecule has 0 unspecified atom stereocenters. The second-order valence-corrected chi connectivity index (χ2v) is 2.84. The van der Waals surface area contributed by atoms with Crippen LogP contribution in [0.5, 0.6) is 0 Å². The van der Waals surface area contributed by atoms with Crippen LogP contribution in [0.25, 0.3) is 0 Å². The molecule has 8 heavy (non-hydrogen) atoms. The Labute approximate surface area is 56.2 Å². The highest BCUT2D eigenvalue weighted by Gasteiger charge is 2.15. The van der Waals surface area contributed by atoms with Gasteiger partial charge in [-0.05, 0) is 38.0 Å². The molecule has 0 bridgehead atoms. The van der Waals surface area contributed by atoms with Gasteiger partial charge in [-0.25, -0.2) is 0 Å². The quantitative estimate of drug-likeness (QED) is 0.517. The van der Waals surface area contributed by atoms with Crippen LogP contribution in [0.1, 0.15) is 25.7 Å². The van der Waals surface area contributed by atoms with Gasteiger partial charge in [0.2, 0.25) is 0 Å². The molecule has 1 heteroatoms. The fourth-order valence-electron chi connectivity index (χ4n) is 1.00. The van der Waals surface area contributed by atoms with Crippen LogP contribution in [-0.2, 0) is 0 Å². The van der Waals surface area contributed by atoms with Crippen LogP contribution in [0.4, 0.5) is 0 Å². The third-order valence-corrected chi connectivity index (χ3v) is 2.01. The Balaban J connectivity index is 1.86. The van der Waals surface area contributed by atoms with Gasteiger partial charge in [-0.3, -0.25) is 0 Å². The maximum atomic E-state index is 5.52. The molecular weight excluding hydrogens is 120 g/mol. The monoisotopic (exact) mass is 131 g/mol. The molecule has 0 spiro atoms.